The van der Waals surface area contributed by atoms with Gasteiger partial charge in [0, 0.05) is 11.1 Å². The third-order valence-electron chi connectivity index (χ3n) is 3.64. The molecular weight excluding hydrogens is 395 g/mol. The number of rotatable bonds is 5. The molecule has 0 aliphatic heterocycles. The summed E-state index contributed by atoms with van der Waals surface area (Å²) in [6.45, 7) is 2.06. The molecule has 0 bridgehead atoms. The Kier molecular flexibility index (Phi) is 5.87. The van der Waals surface area contributed by atoms with Gasteiger partial charge in [-0.25, -0.2) is 9.48 Å². The molecule has 0 radical (unpaired) electrons. The summed E-state index contributed by atoms with van der Waals surface area (Å²) in [6, 6.07) is 13.5. The van der Waals surface area contributed by atoms with E-state index in [-0.39, 0.29) is 5.02 Å². The predicted molar refractivity (Wildman–Crippen MR) is 104 cm³/mol. The van der Waals surface area contributed by atoms with Crippen molar-refractivity contribution in [3.63, 3.8) is 0 Å². The van der Waals surface area contributed by atoms with Crippen LogP contribution in [-0.4, -0.2) is 15.7 Å². The molecule has 7 heteroatoms. The molecule has 0 unspecified atom stereocenters. The summed E-state index contributed by atoms with van der Waals surface area (Å²) in [4.78, 5) is 12.5. The first kappa shape index (κ1) is 18.8. The zero-order chi connectivity index (χ0) is 18.7. The van der Waals surface area contributed by atoms with E-state index in [0.29, 0.717) is 27.2 Å². The van der Waals surface area contributed by atoms with Crippen molar-refractivity contribution in [2.45, 2.75) is 19.8 Å². The maximum absolute atomic E-state index is 12.5. The third kappa shape index (κ3) is 4.21. The summed E-state index contributed by atoms with van der Waals surface area (Å²) in [5.41, 5.74) is 1.83. The van der Waals surface area contributed by atoms with Crippen LogP contribution in [0.25, 0.3) is 5.69 Å². The van der Waals surface area contributed by atoms with Gasteiger partial charge in [-0.15, -0.1) is 0 Å². The lowest BCUT2D eigenvalue weighted by atomic mass is 10.2. The molecule has 0 aliphatic carbocycles. The fourth-order valence-electron chi connectivity index (χ4n) is 2.43. The van der Waals surface area contributed by atoms with Crippen LogP contribution < -0.4 is 4.74 Å². The molecule has 1 heterocycles. The number of aromatic nitrogens is 2. The summed E-state index contributed by atoms with van der Waals surface area (Å²) in [5.74, 6) is -0.235. The highest BCUT2D eigenvalue weighted by atomic mass is 35.5. The van der Waals surface area contributed by atoms with E-state index in [9.17, 15) is 4.79 Å². The number of carbonyl (C=O) groups is 1. The standard InChI is InChI=1S/C19H15Cl3N2O2/c1-2-4-14-11-18(24(23-14)15-6-3-5-13(20)10-15)26-19(25)12-7-8-16(21)17(22)9-12/h3,5-11H,2,4H2,1H3. The van der Waals surface area contributed by atoms with Gasteiger partial charge in [-0.1, -0.05) is 54.2 Å². The van der Waals surface area contributed by atoms with Crippen molar-refractivity contribution in [2.75, 3.05) is 0 Å². The van der Waals surface area contributed by atoms with Gasteiger partial charge in [-0.05, 0) is 42.8 Å². The number of hydrogen-bond acceptors (Lipinski definition) is 3. The molecule has 2 aromatic carbocycles. The van der Waals surface area contributed by atoms with Crippen LogP contribution in [0.2, 0.25) is 15.1 Å². The van der Waals surface area contributed by atoms with Crippen LogP contribution in [0.4, 0.5) is 0 Å². The summed E-state index contributed by atoms with van der Waals surface area (Å²) in [6.07, 6.45) is 1.69. The highest BCUT2D eigenvalue weighted by molar-refractivity contribution is 6.42. The molecule has 1 aromatic heterocycles. The van der Waals surface area contributed by atoms with Crippen LogP contribution >= 0.6 is 34.8 Å². The Morgan fingerprint density at radius 2 is 1.88 bits per heavy atom. The molecular formula is C19H15Cl3N2O2. The second-order valence-corrected chi connectivity index (χ2v) is 6.88. The molecule has 0 N–H and O–H groups in total. The summed E-state index contributed by atoms with van der Waals surface area (Å²) < 4.78 is 7.13. The molecule has 4 nitrogen and oxygen atoms in total. The third-order valence-corrected chi connectivity index (χ3v) is 4.61. The van der Waals surface area contributed by atoms with E-state index in [4.69, 9.17) is 39.5 Å². The van der Waals surface area contributed by atoms with Crippen molar-refractivity contribution in [3.8, 4) is 11.6 Å². The van der Waals surface area contributed by atoms with Gasteiger partial charge >= 0.3 is 5.97 Å². The molecule has 0 amide bonds. The van der Waals surface area contributed by atoms with Gasteiger partial charge in [0.1, 0.15) is 0 Å². The quantitative estimate of drug-likeness (QED) is 0.485. The average molecular weight is 410 g/mol. The predicted octanol–water partition coefficient (Wildman–Crippen LogP) is 6.00. The van der Waals surface area contributed by atoms with E-state index in [1.54, 1.807) is 35.0 Å². The van der Waals surface area contributed by atoms with Crippen molar-refractivity contribution in [1.82, 2.24) is 9.78 Å². The molecule has 0 atom stereocenters. The van der Waals surface area contributed by atoms with Gasteiger partial charge in [0.25, 0.3) is 0 Å². The van der Waals surface area contributed by atoms with Crippen molar-refractivity contribution < 1.29 is 9.53 Å². The minimum Gasteiger partial charge on any atom is -0.404 e. The van der Waals surface area contributed by atoms with Crippen LogP contribution in [0.5, 0.6) is 5.88 Å². The topological polar surface area (TPSA) is 44.1 Å². The lowest BCUT2D eigenvalue weighted by Gasteiger charge is -2.08. The summed E-state index contributed by atoms with van der Waals surface area (Å²) in [5, 5.41) is 5.75. The van der Waals surface area contributed by atoms with Crippen molar-refractivity contribution in [3.05, 3.63) is 74.9 Å². The number of nitrogens with zero attached hydrogens (tertiary/aromatic N) is 2. The van der Waals surface area contributed by atoms with Gasteiger partial charge in [-0.3, -0.25) is 0 Å². The number of halogens is 3. The first-order valence-corrected chi connectivity index (χ1v) is 9.13. The highest BCUT2D eigenvalue weighted by Gasteiger charge is 2.17. The molecule has 3 rings (SSSR count). The van der Waals surface area contributed by atoms with E-state index in [1.807, 2.05) is 12.1 Å². The Labute approximate surface area is 166 Å². The Morgan fingerprint density at radius 1 is 1.08 bits per heavy atom. The van der Waals surface area contributed by atoms with E-state index >= 15 is 0 Å². The number of hydrogen-bond donors (Lipinski definition) is 0. The monoisotopic (exact) mass is 408 g/mol. The molecule has 0 saturated heterocycles. The minimum atomic E-state index is -0.546. The van der Waals surface area contributed by atoms with E-state index in [0.717, 1.165) is 18.5 Å². The molecule has 0 saturated carbocycles. The lowest BCUT2D eigenvalue weighted by Crippen LogP contribution is -2.11. The molecule has 0 aliphatic rings. The number of benzene rings is 2. The second-order valence-electron chi connectivity index (χ2n) is 5.63. The second kappa shape index (κ2) is 8.12. The molecule has 0 spiro atoms. The summed E-state index contributed by atoms with van der Waals surface area (Å²) in [7, 11) is 0. The number of aryl methyl sites for hydroxylation is 1. The van der Waals surface area contributed by atoms with Crippen LogP contribution in [-0.2, 0) is 6.42 Å². The zero-order valence-corrected chi connectivity index (χ0v) is 16.1. The number of carbonyl (C=O) groups excluding carboxylic acids is 1. The first-order chi connectivity index (χ1) is 12.5. The Balaban J connectivity index is 1.95. The van der Waals surface area contributed by atoms with Crippen molar-refractivity contribution in [1.29, 1.82) is 0 Å². The molecule has 26 heavy (non-hydrogen) atoms. The van der Waals surface area contributed by atoms with Gasteiger partial charge in [0.05, 0.1) is 27.0 Å². The van der Waals surface area contributed by atoms with Crippen molar-refractivity contribution >= 4 is 40.8 Å². The zero-order valence-electron chi connectivity index (χ0n) is 13.9. The van der Waals surface area contributed by atoms with Crippen LogP contribution in [0.1, 0.15) is 29.4 Å². The van der Waals surface area contributed by atoms with Crippen LogP contribution in [0.3, 0.4) is 0 Å². The number of ether oxygens (including phenoxy) is 1. The Morgan fingerprint density at radius 3 is 2.58 bits per heavy atom. The smallest absolute Gasteiger partial charge is 0.344 e. The Bertz CT molecular complexity index is 954. The van der Waals surface area contributed by atoms with Gasteiger partial charge in [0.15, 0.2) is 0 Å². The van der Waals surface area contributed by atoms with Gasteiger partial charge < -0.3 is 4.74 Å². The maximum atomic E-state index is 12.5. The first-order valence-electron chi connectivity index (χ1n) is 8.00. The Hall–Kier alpha value is -2.01. The normalized spacial score (nSPS) is 10.8. The fourth-order valence-corrected chi connectivity index (χ4v) is 2.91. The van der Waals surface area contributed by atoms with E-state index < -0.39 is 5.97 Å². The van der Waals surface area contributed by atoms with E-state index in [1.165, 1.54) is 6.07 Å². The van der Waals surface area contributed by atoms with Crippen LogP contribution in [0, 0.1) is 0 Å². The number of esters is 1. The van der Waals surface area contributed by atoms with Crippen molar-refractivity contribution in [2.24, 2.45) is 0 Å². The molecule has 134 valence electrons. The SMILES string of the molecule is CCCc1cc(OC(=O)c2ccc(Cl)c(Cl)c2)n(-c2cccc(Cl)c2)n1. The molecule has 3 aromatic rings. The van der Waals surface area contributed by atoms with Crippen LogP contribution in [0.15, 0.2) is 48.5 Å². The van der Waals surface area contributed by atoms with Gasteiger partial charge in [0.2, 0.25) is 5.88 Å². The largest absolute Gasteiger partial charge is 0.404 e. The average Bonchev–Trinajstić information content (AvgIpc) is 3.00. The summed E-state index contributed by atoms with van der Waals surface area (Å²) >= 11 is 17.9. The maximum Gasteiger partial charge on any atom is 0.344 e. The van der Waals surface area contributed by atoms with E-state index in [2.05, 4.69) is 12.0 Å². The fraction of sp³-hybridized carbons (Fsp3) is 0.158. The highest BCUT2D eigenvalue weighted by Crippen LogP contribution is 2.26. The van der Waals surface area contributed by atoms with Gasteiger partial charge in [-0.2, -0.15) is 5.10 Å². The lowest BCUT2D eigenvalue weighted by molar-refractivity contribution is 0.0723. The minimum absolute atomic E-state index is 0.288. The molecule has 0 fully saturated rings.